The highest BCUT2D eigenvalue weighted by atomic mass is 32.2. The Kier molecular flexibility index (Phi) is 7.56. The molecule has 2 aromatic heterocycles. The van der Waals surface area contributed by atoms with Crippen molar-refractivity contribution in [3.05, 3.63) is 88.9 Å². The van der Waals surface area contributed by atoms with Crippen molar-refractivity contribution < 1.29 is 22.0 Å². The lowest BCUT2D eigenvalue weighted by Crippen LogP contribution is -2.54. The van der Waals surface area contributed by atoms with Crippen LogP contribution >= 0.6 is 0 Å². The molecule has 9 nitrogen and oxygen atoms in total. The Hall–Kier alpha value is -4.45. The summed E-state index contributed by atoms with van der Waals surface area (Å²) in [6.45, 7) is 7.99. The highest BCUT2D eigenvalue weighted by Gasteiger charge is 2.36. The number of pyridine rings is 1. The van der Waals surface area contributed by atoms with Gasteiger partial charge in [0.2, 0.25) is 5.91 Å². The van der Waals surface area contributed by atoms with Gasteiger partial charge in [0.1, 0.15) is 23.1 Å². The number of para-hydroxylation sites is 1. The fourth-order valence-electron chi connectivity index (χ4n) is 5.98. The number of piperazine rings is 1. The van der Waals surface area contributed by atoms with Crippen LogP contribution in [0.5, 0.6) is 0 Å². The SMILES string of the molecule is C=CC(=O)N1CCN(c2nc(=O)n(-c3c(C)cccc3S(=O)(=O)C3CCC3)c3nc(-c4ccccc4F)c(F)cc23)[C@@H](C)C1. The first kappa shape index (κ1) is 29.6. The van der Waals surface area contributed by atoms with E-state index in [0.29, 0.717) is 31.5 Å². The number of amides is 1. The number of benzene rings is 2. The van der Waals surface area contributed by atoms with Crippen LogP contribution in [0.4, 0.5) is 14.6 Å². The average molecular weight is 620 g/mol. The largest absolute Gasteiger partial charge is 0.355 e. The van der Waals surface area contributed by atoms with Crippen LogP contribution < -0.4 is 10.6 Å². The second-order valence-corrected chi connectivity index (χ2v) is 13.5. The number of hydrogen-bond donors (Lipinski definition) is 0. The molecular weight excluding hydrogens is 588 g/mol. The van der Waals surface area contributed by atoms with Gasteiger partial charge in [-0.1, -0.05) is 37.3 Å². The topological polar surface area (TPSA) is 105 Å². The lowest BCUT2D eigenvalue weighted by Gasteiger charge is -2.40. The van der Waals surface area contributed by atoms with Crippen LogP contribution in [0, 0.1) is 18.6 Å². The predicted octanol–water partition coefficient (Wildman–Crippen LogP) is 4.58. The number of hydrogen-bond acceptors (Lipinski definition) is 7. The summed E-state index contributed by atoms with van der Waals surface area (Å²) in [5.41, 5.74) is -0.750. The first-order valence-corrected chi connectivity index (χ1v) is 16.0. The molecular formula is C32H31F2N5O4S. The number of carbonyl (C=O) groups is 1. The maximum Gasteiger partial charge on any atom is 0.355 e. The summed E-state index contributed by atoms with van der Waals surface area (Å²) in [5, 5.41) is -0.431. The average Bonchev–Trinajstić information content (AvgIpc) is 2.96. The lowest BCUT2D eigenvalue weighted by molar-refractivity contribution is -0.126. The zero-order valence-corrected chi connectivity index (χ0v) is 25.2. The molecule has 3 heterocycles. The van der Waals surface area contributed by atoms with E-state index in [1.54, 1.807) is 34.9 Å². The first-order chi connectivity index (χ1) is 21.0. The van der Waals surface area contributed by atoms with E-state index in [-0.39, 0.29) is 57.2 Å². The summed E-state index contributed by atoms with van der Waals surface area (Å²) in [4.78, 5) is 38.6. The molecule has 44 heavy (non-hydrogen) atoms. The number of halogens is 2. The van der Waals surface area contributed by atoms with Crippen LogP contribution in [0.2, 0.25) is 0 Å². The van der Waals surface area contributed by atoms with Gasteiger partial charge in [0.25, 0.3) is 0 Å². The molecule has 1 atom stereocenters. The Morgan fingerprint density at radius 3 is 2.45 bits per heavy atom. The van der Waals surface area contributed by atoms with E-state index < -0.39 is 32.4 Å². The number of nitrogens with zero attached hydrogens (tertiary/aromatic N) is 5. The molecule has 1 aliphatic heterocycles. The minimum atomic E-state index is -3.83. The number of rotatable bonds is 6. The first-order valence-electron chi connectivity index (χ1n) is 14.4. The highest BCUT2D eigenvalue weighted by molar-refractivity contribution is 7.92. The van der Waals surface area contributed by atoms with Gasteiger partial charge in [-0.2, -0.15) is 4.98 Å². The lowest BCUT2D eigenvalue weighted by atomic mass is 10.00. The summed E-state index contributed by atoms with van der Waals surface area (Å²) >= 11 is 0. The van der Waals surface area contributed by atoms with Gasteiger partial charge in [-0.05, 0) is 62.6 Å². The van der Waals surface area contributed by atoms with Gasteiger partial charge < -0.3 is 9.80 Å². The van der Waals surface area contributed by atoms with Gasteiger partial charge in [-0.3, -0.25) is 4.79 Å². The van der Waals surface area contributed by atoms with Crippen molar-refractivity contribution in [2.75, 3.05) is 24.5 Å². The standard InChI is InChI=1S/C32H31F2N5O4S/c1-4-27(40)37-15-16-38(20(3)18-37)30-23-17-25(34)28(22-12-5-6-13-24(22)33)35-31(23)39(32(41)36-30)29-19(2)9-7-14-26(29)44(42,43)21-10-8-11-21/h4-7,9,12-14,17,20-21H,1,8,10-11,15-16,18H2,2-3H3/t20-/m0/s1. The molecule has 0 N–H and O–H groups in total. The van der Waals surface area contributed by atoms with Gasteiger partial charge in [0, 0.05) is 31.2 Å². The fourth-order valence-corrected chi connectivity index (χ4v) is 8.08. The fraction of sp³-hybridized carbons (Fsp3) is 0.312. The monoisotopic (exact) mass is 619 g/mol. The Morgan fingerprint density at radius 1 is 1.05 bits per heavy atom. The molecule has 12 heteroatoms. The quantitative estimate of drug-likeness (QED) is 0.291. The van der Waals surface area contributed by atoms with Crippen LogP contribution in [0.15, 0.2) is 70.9 Å². The van der Waals surface area contributed by atoms with Crippen LogP contribution in [0.1, 0.15) is 31.7 Å². The number of sulfone groups is 1. The Bertz CT molecular complexity index is 1990. The molecule has 1 amide bonds. The van der Waals surface area contributed by atoms with Crippen molar-refractivity contribution >= 4 is 32.6 Å². The third-order valence-electron chi connectivity index (χ3n) is 8.54. The number of aromatic nitrogens is 3. The van der Waals surface area contributed by atoms with E-state index in [1.807, 2.05) is 6.92 Å². The third kappa shape index (κ3) is 4.86. The van der Waals surface area contributed by atoms with E-state index >= 15 is 4.39 Å². The molecule has 0 bridgehead atoms. The third-order valence-corrected chi connectivity index (χ3v) is 10.8. The molecule has 6 rings (SSSR count). The van der Waals surface area contributed by atoms with E-state index in [9.17, 15) is 22.4 Å². The molecule has 2 fully saturated rings. The van der Waals surface area contributed by atoms with E-state index in [0.717, 1.165) is 17.1 Å². The molecule has 228 valence electrons. The van der Waals surface area contributed by atoms with E-state index in [4.69, 9.17) is 0 Å². The maximum atomic E-state index is 15.9. The Balaban J connectivity index is 1.64. The molecule has 0 unspecified atom stereocenters. The summed E-state index contributed by atoms with van der Waals surface area (Å²) in [7, 11) is -3.83. The minimum absolute atomic E-state index is 0.0383. The minimum Gasteiger partial charge on any atom is -0.350 e. The van der Waals surface area contributed by atoms with Crippen LogP contribution in [-0.2, 0) is 14.6 Å². The van der Waals surface area contributed by atoms with Crippen molar-refractivity contribution in [2.24, 2.45) is 0 Å². The van der Waals surface area contributed by atoms with Gasteiger partial charge in [-0.15, -0.1) is 0 Å². The van der Waals surface area contributed by atoms with Gasteiger partial charge in [0.05, 0.1) is 21.2 Å². The second kappa shape index (κ2) is 11.2. The van der Waals surface area contributed by atoms with Gasteiger partial charge in [0.15, 0.2) is 15.5 Å². The number of fused-ring (bicyclic) bond motifs is 1. The second-order valence-electron chi connectivity index (χ2n) is 11.3. The number of anilines is 1. The van der Waals surface area contributed by atoms with Crippen LogP contribution in [-0.4, -0.2) is 64.7 Å². The molecule has 1 saturated heterocycles. The molecule has 2 aromatic carbocycles. The molecule has 1 aliphatic carbocycles. The van der Waals surface area contributed by atoms with Crippen molar-refractivity contribution in [1.82, 2.24) is 19.4 Å². The zero-order valence-electron chi connectivity index (χ0n) is 24.3. The van der Waals surface area contributed by atoms with Crippen molar-refractivity contribution in [3.8, 4) is 16.9 Å². The number of carbonyl (C=O) groups excluding carboxylic acids is 1. The van der Waals surface area contributed by atoms with E-state index in [1.165, 1.54) is 30.3 Å². The van der Waals surface area contributed by atoms with E-state index in [2.05, 4.69) is 16.5 Å². The smallest absolute Gasteiger partial charge is 0.350 e. The summed E-state index contributed by atoms with van der Waals surface area (Å²) in [6.07, 6.45) is 3.06. The van der Waals surface area contributed by atoms with Crippen molar-refractivity contribution in [3.63, 3.8) is 0 Å². The predicted molar refractivity (Wildman–Crippen MR) is 164 cm³/mol. The summed E-state index contributed by atoms with van der Waals surface area (Å²) < 4.78 is 59.4. The molecule has 0 spiro atoms. The van der Waals surface area contributed by atoms with Crippen molar-refractivity contribution in [1.29, 1.82) is 0 Å². The molecule has 1 saturated carbocycles. The summed E-state index contributed by atoms with van der Waals surface area (Å²) in [6, 6.07) is 11.2. The highest BCUT2D eigenvalue weighted by Crippen LogP contribution is 2.37. The normalized spacial score (nSPS) is 17.5. The van der Waals surface area contributed by atoms with Crippen LogP contribution in [0.3, 0.4) is 0 Å². The molecule has 2 aliphatic rings. The van der Waals surface area contributed by atoms with Crippen LogP contribution in [0.25, 0.3) is 28.0 Å². The number of aryl methyl sites for hydroxylation is 1. The zero-order chi connectivity index (χ0) is 31.3. The Labute approximate surface area is 253 Å². The molecule has 0 radical (unpaired) electrons. The van der Waals surface area contributed by atoms with Gasteiger partial charge in [-0.25, -0.2) is 31.5 Å². The van der Waals surface area contributed by atoms with Crippen molar-refractivity contribution in [2.45, 2.75) is 49.3 Å². The van der Waals surface area contributed by atoms with Gasteiger partial charge >= 0.3 is 5.69 Å². The Morgan fingerprint density at radius 2 is 1.80 bits per heavy atom. The molecule has 4 aromatic rings. The maximum absolute atomic E-state index is 15.9. The summed E-state index contributed by atoms with van der Waals surface area (Å²) in [5.74, 6) is -1.63.